The van der Waals surface area contributed by atoms with Crippen LogP contribution < -0.4 is 5.32 Å². The number of nitrogens with zero attached hydrogens (tertiary/aromatic N) is 1. The standard InChI is InChI=1S/C72H139N2O7P/c1-7-10-13-16-19-22-25-28-30-32-34-36-37-39-41-43-45-47-50-53-56-59-62-65-72(76)81-70(63-60-57-54-51-48-27-24-21-18-15-12-9-3)69(68-80-82(77,78)79-67-66-74(4,5)6)73-71(75)64-61-58-55-52-49-46-44-42-40-38-35-33-31-29-26-23-20-17-14-11-8-2/h19,22,28,30,60,63,69-70H,7-18,20-21,23-27,29,31-59,61-62,64-68H2,1-6H3,(H-,73,75,77,78)/p+1/b22-19-,30-28-,63-60+. The first kappa shape index (κ1) is 80.2. The van der Waals surface area contributed by atoms with Gasteiger partial charge in [0.25, 0.3) is 0 Å². The van der Waals surface area contributed by atoms with Gasteiger partial charge in [-0.25, -0.2) is 4.57 Å². The largest absolute Gasteiger partial charge is 0.472 e. The number of phosphoric acid groups is 1. The lowest BCUT2D eigenvalue weighted by Crippen LogP contribution is -2.47. The highest BCUT2D eigenvalue weighted by atomic mass is 31.2. The number of hydrogen-bond acceptors (Lipinski definition) is 6. The first-order valence-corrected chi connectivity index (χ1v) is 37.3. The van der Waals surface area contributed by atoms with Crippen molar-refractivity contribution >= 4 is 19.7 Å². The van der Waals surface area contributed by atoms with Gasteiger partial charge in [-0.1, -0.05) is 321 Å². The van der Waals surface area contributed by atoms with Crippen molar-refractivity contribution in [1.82, 2.24) is 5.32 Å². The van der Waals surface area contributed by atoms with Crippen LogP contribution in [0.4, 0.5) is 0 Å². The summed E-state index contributed by atoms with van der Waals surface area (Å²) in [4.78, 5) is 37.9. The van der Waals surface area contributed by atoms with Crippen LogP contribution in [-0.2, 0) is 27.9 Å². The fourth-order valence-electron chi connectivity index (χ4n) is 10.8. The summed E-state index contributed by atoms with van der Waals surface area (Å²) in [5.41, 5.74) is 0. The van der Waals surface area contributed by atoms with E-state index < -0.39 is 20.0 Å². The molecule has 0 aromatic heterocycles. The maximum Gasteiger partial charge on any atom is 0.472 e. The number of carbonyl (C=O) groups is 2. The average molecular weight is 1180 g/mol. The van der Waals surface area contributed by atoms with E-state index in [2.05, 4.69) is 50.4 Å². The predicted molar refractivity (Wildman–Crippen MR) is 356 cm³/mol. The minimum Gasteiger partial charge on any atom is -0.456 e. The monoisotopic (exact) mass is 1180 g/mol. The number of phosphoric ester groups is 1. The Hall–Kier alpha value is -1.77. The molecule has 0 rings (SSSR count). The first-order valence-electron chi connectivity index (χ1n) is 35.8. The van der Waals surface area contributed by atoms with Gasteiger partial charge in [-0.05, 0) is 63.9 Å². The number of quaternary nitrogens is 1. The maximum atomic E-state index is 13.6. The number of esters is 1. The number of likely N-dealkylation sites (N-methyl/N-ethyl adjacent to an activating group) is 1. The first-order chi connectivity index (χ1) is 39.9. The molecule has 10 heteroatoms. The van der Waals surface area contributed by atoms with Crippen LogP contribution in [-0.4, -0.2) is 74.3 Å². The number of amides is 1. The van der Waals surface area contributed by atoms with Crippen molar-refractivity contribution in [3.05, 3.63) is 36.5 Å². The van der Waals surface area contributed by atoms with Crippen LogP contribution in [0.1, 0.15) is 361 Å². The van der Waals surface area contributed by atoms with Gasteiger partial charge in [0.2, 0.25) is 5.91 Å². The average Bonchev–Trinajstić information content (AvgIpc) is 3.44. The molecule has 0 aliphatic rings. The molecule has 0 fully saturated rings. The van der Waals surface area contributed by atoms with Crippen molar-refractivity contribution in [2.24, 2.45) is 0 Å². The Morgan fingerprint density at radius 2 is 0.744 bits per heavy atom. The summed E-state index contributed by atoms with van der Waals surface area (Å²) in [5.74, 6) is -0.485. The fourth-order valence-corrected chi connectivity index (χ4v) is 11.5. The lowest BCUT2D eigenvalue weighted by Gasteiger charge is -2.27. The second-order valence-corrected chi connectivity index (χ2v) is 27.2. The Morgan fingerprint density at radius 3 is 1.12 bits per heavy atom. The molecule has 0 bridgehead atoms. The number of nitrogens with one attached hydrogen (secondary N) is 1. The zero-order valence-corrected chi connectivity index (χ0v) is 56.4. The van der Waals surface area contributed by atoms with Gasteiger partial charge in [-0.2, -0.15) is 0 Å². The summed E-state index contributed by atoms with van der Waals surface area (Å²) >= 11 is 0. The van der Waals surface area contributed by atoms with Gasteiger partial charge in [-0.3, -0.25) is 18.6 Å². The molecule has 82 heavy (non-hydrogen) atoms. The highest BCUT2D eigenvalue weighted by Gasteiger charge is 2.30. The lowest BCUT2D eigenvalue weighted by molar-refractivity contribution is -0.870. The van der Waals surface area contributed by atoms with Crippen molar-refractivity contribution in [3.63, 3.8) is 0 Å². The molecule has 2 N–H and O–H groups in total. The lowest BCUT2D eigenvalue weighted by atomic mass is 10.0. The van der Waals surface area contributed by atoms with Crippen LogP contribution >= 0.6 is 7.82 Å². The number of rotatable bonds is 66. The molecule has 484 valence electrons. The van der Waals surface area contributed by atoms with Crippen LogP contribution in [0.5, 0.6) is 0 Å². The Kier molecular flexibility index (Phi) is 60.9. The molecule has 0 aliphatic heterocycles. The maximum absolute atomic E-state index is 13.6. The van der Waals surface area contributed by atoms with Gasteiger partial charge < -0.3 is 19.4 Å². The molecule has 9 nitrogen and oxygen atoms in total. The van der Waals surface area contributed by atoms with Crippen molar-refractivity contribution in [2.75, 3.05) is 40.9 Å². The number of ether oxygens (including phenoxy) is 1. The highest BCUT2D eigenvalue weighted by molar-refractivity contribution is 7.47. The van der Waals surface area contributed by atoms with Crippen LogP contribution in [0.15, 0.2) is 36.5 Å². The summed E-state index contributed by atoms with van der Waals surface area (Å²) < 4.78 is 30.8. The fraction of sp³-hybridized carbons (Fsp3) is 0.889. The van der Waals surface area contributed by atoms with E-state index in [1.54, 1.807) is 0 Å². The topological polar surface area (TPSA) is 111 Å². The molecule has 3 unspecified atom stereocenters. The number of allylic oxidation sites excluding steroid dienone is 5. The van der Waals surface area contributed by atoms with Crippen LogP contribution in [0, 0.1) is 0 Å². The molecule has 0 heterocycles. The molecule has 0 saturated carbocycles. The quantitative estimate of drug-likeness (QED) is 0.0205. The summed E-state index contributed by atoms with van der Waals surface area (Å²) in [7, 11) is 1.51. The Morgan fingerprint density at radius 1 is 0.427 bits per heavy atom. The molecule has 0 aliphatic carbocycles. The molecule has 0 aromatic carbocycles. The van der Waals surface area contributed by atoms with Crippen molar-refractivity contribution in [2.45, 2.75) is 373 Å². The molecule has 3 atom stereocenters. The van der Waals surface area contributed by atoms with Crippen molar-refractivity contribution in [3.8, 4) is 0 Å². The third-order valence-electron chi connectivity index (χ3n) is 16.3. The van der Waals surface area contributed by atoms with Gasteiger partial charge in [0.1, 0.15) is 19.3 Å². The SMILES string of the molecule is CCCCC/C=C\C/C=C\CCCCCCCCCCCCCCCC(=O)OC(/C=C/CCCCCCCCCCCC)C(COP(=O)(O)OCC[N+](C)(C)C)NC(=O)CCCCCCCCCCCCCCCCCCCCCCC. The second-order valence-electron chi connectivity index (χ2n) is 25.8. The summed E-state index contributed by atoms with van der Waals surface area (Å²) in [6.45, 7) is 7.05. The van der Waals surface area contributed by atoms with Gasteiger partial charge in [0.05, 0.1) is 33.8 Å². The van der Waals surface area contributed by atoms with Crippen molar-refractivity contribution < 1.29 is 37.3 Å². The third kappa shape index (κ3) is 62.8. The number of unbranched alkanes of at least 4 members (excludes halogenated alkanes) is 46. The van der Waals surface area contributed by atoms with E-state index in [0.29, 0.717) is 23.9 Å². The molecule has 0 radical (unpaired) electrons. The van der Waals surface area contributed by atoms with Gasteiger partial charge >= 0.3 is 13.8 Å². The van der Waals surface area contributed by atoms with Crippen LogP contribution in [0.2, 0.25) is 0 Å². The zero-order chi connectivity index (χ0) is 60.0. The summed E-state index contributed by atoms with van der Waals surface area (Å²) in [5, 5.41) is 3.08. The van der Waals surface area contributed by atoms with Crippen molar-refractivity contribution in [1.29, 1.82) is 0 Å². The molecular weight excluding hydrogens is 1040 g/mol. The van der Waals surface area contributed by atoms with Gasteiger partial charge in [0.15, 0.2) is 0 Å². The molecule has 0 saturated heterocycles. The van der Waals surface area contributed by atoms with E-state index in [1.165, 1.54) is 263 Å². The smallest absolute Gasteiger partial charge is 0.456 e. The predicted octanol–water partition coefficient (Wildman–Crippen LogP) is 22.6. The van der Waals surface area contributed by atoms with E-state index in [0.717, 1.165) is 64.2 Å². The van der Waals surface area contributed by atoms with Gasteiger partial charge in [-0.15, -0.1) is 0 Å². The minimum atomic E-state index is -4.45. The van der Waals surface area contributed by atoms with E-state index in [4.69, 9.17) is 13.8 Å². The number of carbonyl (C=O) groups excluding carboxylic acids is 2. The highest BCUT2D eigenvalue weighted by Crippen LogP contribution is 2.43. The molecular formula is C72H140N2O7P+. The Bertz CT molecular complexity index is 1500. The minimum absolute atomic E-state index is 0.0434. The molecule has 0 aromatic rings. The van der Waals surface area contributed by atoms with E-state index in [9.17, 15) is 19.0 Å². The van der Waals surface area contributed by atoms with E-state index in [1.807, 2.05) is 33.3 Å². The zero-order valence-electron chi connectivity index (χ0n) is 55.5. The normalized spacial score (nSPS) is 13.7. The van der Waals surface area contributed by atoms with Crippen LogP contribution in [0.25, 0.3) is 0 Å². The molecule has 0 spiro atoms. The Labute approximate surface area is 510 Å². The molecule has 1 amide bonds. The van der Waals surface area contributed by atoms with Crippen LogP contribution in [0.3, 0.4) is 0 Å². The van der Waals surface area contributed by atoms with E-state index in [-0.39, 0.29) is 25.1 Å². The summed E-state index contributed by atoms with van der Waals surface area (Å²) in [6.07, 6.45) is 77.3. The van der Waals surface area contributed by atoms with E-state index >= 15 is 0 Å². The Balaban J connectivity index is 5.04. The summed E-state index contributed by atoms with van der Waals surface area (Å²) in [6, 6.07) is -0.845. The second kappa shape index (κ2) is 62.3. The van der Waals surface area contributed by atoms with Gasteiger partial charge in [0, 0.05) is 12.8 Å². The third-order valence-corrected chi connectivity index (χ3v) is 17.3. The number of hydrogen-bond donors (Lipinski definition) is 2.